The van der Waals surface area contributed by atoms with Crippen molar-refractivity contribution in [3.63, 3.8) is 0 Å². The number of carbonyl (C=O) groups is 2. The van der Waals surface area contributed by atoms with Crippen LogP contribution in [0.4, 0.5) is 14.5 Å². The van der Waals surface area contributed by atoms with Gasteiger partial charge in [0.05, 0.1) is 0 Å². The number of H-pyrrole nitrogens is 2. The Morgan fingerprint density at radius 1 is 1.09 bits per heavy atom. The summed E-state index contributed by atoms with van der Waals surface area (Å²) in [5.41, 5.74) is -2.14. The van der Waals surface area contributed by atoms with E-state index in [1.165, 1.54) is 42.5 Å². The van der Waals surface area contributed by atoms with Gasteiger partial charge in [-0.1, -0.05) is 30.0 Å². The third-order valence-electron chi connectivity index (χ3n) is 4.95. The highest BCUT2D eigenvalue weighted by Gasteiger charge is 2.34. The zero-order valence-corrected chi connectivity index (χ0v) is 18.5. The van der Waals surface area contributed by atoms with Crippen LogP contribution in [-0.2, 0) is 9.59 Å². The lowest BCUT2D eigenvalue weighted by Crippen LogP contribution is -2.29. The van der Waals surface area contributed by atoms with Gasteiger partial charge in [0.25, 0.3) is 5.56 Å². The number of nitrogens with zero attached hydrogens (tertiary/aromatic N) is 1. The molecule has 0 bridgehead atoms. The minimum Gasteiger partial charge on any atom is -0.494 e. The molecule has 2 aromatic carbocycles. The molecule has 2 atom stereocenters. The molecule has 0 spiro atoms. The van der Waals surface area contributed by atoms with Gasteiger partial charge < -0.3 is 15.7 Å². The van der Waals surface area contributed by atoms with Crippen molar-refractivity contribution in [3.8, 4) is 5.88 Å². The lowest BCUT2D eigenvalue weighted by Gasteiger charge is -2.15. The number of hydrogen-bond donors (Lipinski definition) is 5. The van der Waals surface area contributed by atoms with E-state index in [4.69, 9.17) is 0 Å². The molecule has 3 aromatic rings. The molecule has 0 saturated carbocycles. The molecule has 2 amide bonds. The quantitative estimate of drug-likeness (QED) is 0.346. The van der Waals surface area contributed by atoms with Crippen LogP contribution in [0.15, 0.2) is 63.1 Å². The predicted octanol–water partition coefficient (Wildman–Crippen LogP) is 1.75. The van der Waals surface area contributed by atoms with Crippen LogP contribution in [0.5, 0.6) is 5.88 Å². The Kier molecular flexibility index (Phi) is 6.78. The number of aromatic nitrogens is 2. The highest BCUT2D eigenvalue weighted by atomic mass is 32.2. The van der Waals surface area contributed by atoms with Crippen molar-refractivity contribution in [3.05, 3.63) is 92.1 Å². The second-order valence-electron chi connectivity index (χ2n) is 7.38. The second kappa shape index (κ2) is 9.93. The normalized spacial score (nSPS) is 17.3. The second-order valence-corrected chi connectivity index (χ2v) is 8.58. The number of anilines is 1. The summed E-state index contributed by atoms with van der Waals surface area (Å²) in [5, 5.41) is 14.3. The summed E-state index contributed by atoms with van der Waals surface area (Å²) in [6.45, 7) is 0. The molecule has 180 valence electrons. The number of hydrogen-bond acceptors (Lipinski definition) is 7. The number of amidine groups is 1. The Balaban J connectivity index is 1.60. The molecule has 1 saturated heterocycles. The standard InChI is InChI=1S/C22H17F2N5O5S/c23-10-5-7-11(8-6-10)25-15(30)9-14-18(31)29-22(35-14)26-17(12-3-1-2-4-13(12)24)16-19(32)27-21(34)28-20(16)33/h1-8,14,17H,9H2,(H,25,30)(H,26,29,31)(H3,27,28,32,33,34). The van der Waals surface area contributed by atoms with Gasteiger partial charge in [-0.15, -0.1) is 0 Å². The van der Waals surface area contributed by atoms with Crippen LogP contribution < -0.4 is 21.9 Å². The smallest absolute Gasteiger partial charge is 0.328 e. The summed E-state index contributed by atoms with van der Waals surface area (Å²) < 4.78 is 27.6. The molecule has 4 rings (SSSR count). The molecule has 2 heterocycles. The number of aliphatic imine (C=N–C) groups is 1. The molecule has 0 aliphatic carbocycles. The van der Waals surface area contributed by atoms with E-state index >= 15 is 0 Å². The lowest BCUT2D eigenvalue weighted by molar-refractivity contribution is -0.122. The van der Waals surface area contributed by atoms with E-state index in [2.05, 4.69) is 15.6 Å². The van der Waals surface area contributed by atoms with Crippen molar-refractivity contribution in [1.29, 1.82) is 0 Å². The van der Waals surface area contributed by atoms with E-state index in [1.54, 1.807) is 0 Å². The van der Waals surface area contributed by atoms with E-state index in [1.807, 2.05) is 9.97 Å². The molecule has 1 fully saturated rings. The number of nitrogens with one attached hydrogen (secondary N) is 4. The van der Waals surface area contributed by atoms with Crippen LogP contribution in [0, 0.1) is 11.6 Å². The first-order valence-corrected chi connectivity index (χ1v) is 11.0. The van der Waals surface area contributed by atoms with E-state index in [0.717, 1.165) is 17.8 Å². The van der Waals surface area contributed by atoms with Crippen molar-refractivity contribution < 1.29 is 23.5 Å². The van der Waals surface area contributed by atoms with Crippen LogP contribution in [0.3, 0.4) is 0 Å². The maximum Gasteiger partial charge on any atom is 0.328 e. The fourth-order valence-electron chi connectivity index (χ4n) is 3.36. The van der Waals surface area contributed by atoms with Gasteiger partial charge in [-0.2, -0.15) is 0 Å². The largest absolute Gasteiger partial charge is 0.494 e. The number of benzene rings is 2. The molecular formula is C22H17F2N5O5S. The third-order valence-corrected chi connectivity index (χ3v) is 6.05. The Morgan fingerprint density at radius 3 is 2.49 bits per heavy atom. The molecule has 1 aromatic heterocycles. The number of halogens is 2. The molecule has 5 N–H and O–H groups in total. The van der Waals surface area contributed by atoms with Gasteiger partial charge in [0.2, 0.25) is 17.7 Å². The van der Waals surface area contributed by atoms with Crippen LogP contribution in [0.1, 0.15) is 23.6 Å². The number of amides is 2. The van der Waals surface area contributed by atoms with Crippen LogP contribution >= 0.6 is 11.8 Å². The van der Waals surface area contributed by atoms with Gasteiger partial charge in [-0.3, -0.25) is 24.4 Å². The number of thioether (sulfide) groups is 1. The summed E-state index contributed by atoms with van der Waals surface area (Å²) >= 11 is 0.879. The van der Waals surface area contributed by atoms with Gasteiger partial charge in [0.1, 0.15) is 28.5 Å². The van der Waals surface area contributed by atoms with E-state index in [-0.39, 0.29) is 17.2 Å². The number of rotatable bonds is 6. The molecule has 1 aliphatic rings. The van der Waals surface area contributed by atoms with Crippen molar-refractivity contribution in [1.82, 2.24) is 15.3 Å². The lowest BCUT2D eigenvalue weighted by atomic mass is 10.0. The third kappa shape index (κ3) is 5.46. The summed E-state index contributed by atoms with van der Waals surface area (Å²) in [6, 6.07) is 9.04. The summed E-state index contributed by atoms with van der Waals surface area (Å²) in [5.74, 6) is -3.07. The Hall–Kier alpha value is -4.26. The highest BCUT2D eigenvalue weighted by Crippen LogP contribution is 2.32. The minimum atomic E-state index is -1.42. The number of carbonyl (C=O) groups excluding carboxylic acids is 2. The molecular weight excluding hydrogens is 484 g/mol. The van der Waals surface area contributed by atoms with E-state index < -0.39 is 57.4 Å². The highest BCUT2D eigenvalue weighted by molar-refractivity contribution is 8.15. The SMILES string of the molecule is O=C(CC1SC(=NC(c2ccccc2F)c2c(O)[nH]c(=O)[nH]c2=O)NC1=O)Nc1ccc(F)cc1. The Labute approximate surface area is 199 Å². The zero-order valence-electron chi connectivity index (χ0n) is 17.7. The first kappa shape index (κ1) is 23.9. The molecule has 35 heavy (non-hydrogen) atoms. The monoisotopic (exact) mass is 501 g/mol. The van der Waals surface area contributed by atoms with E-state index in [0.29, 0.717) is 5.69 Å². The molecule has 13 heteroatoms. The van der Waals surface area contributed by atoms with Crippen molar-refractivity contribution >= 4 is 34.4 Å². The average Bonchev–Trinajstić information content (AvgIpc) is 3.13. The zero-order chi connectivity index (χ0) is 25.1. The summed E-state index contributed by atoms with van der Waals surface area (Å²) in [6.07, 6.45) is -0.248. The molecule has 0 radical (unpaired) electrons. The van der Waals surface area contributed by atoms with Gasteiger partial charge in [-0.05, 0) is 30.3 Å². The molecule has 10 nitrogen and oxygen atoms in total. The topological polar surface area (TPSA) is 157 Å². The van der Waals surface area contributed by atoms with Crippen LogP contribution in [0.2, 0.25) is 0 Å². The van der Waals surface area contributed by atoms with Crippen LogP contribution in [0.25, 0.3) is 0 Å². The van der Waals surface area contributed by atoms with Gasteiger partial charge in [0.15, 0.2) is 5.17 Å². The van der Waals surface area contributed by atoms with Gasteiger partial charge in [0, 0.05) is 17.7 Å². The maximum atomic E-state index is 14.6. The molecule has 2 unspecified atom stereocenters. The van der Waals surface area contributed by atoms with Gasteiger partial charge in [-0.25, -0.2) is 18.6 Å². The summed E-state index contributed by atoms with van der Waals surface area (Å²) in [4.78, 5) is 56.9. The van der Waals surface area contributed by atoms with E-state index in [9.17, 15) is 33.1 Å². The minimum absolute atomic E-state index is 0.0205. The molecule has 1 aliphatic heterocycles. The Bertz CT molecular complexity index is 1440. The van der Waals surface area contributed by atoms with Gasteiger partial charge >= 0.3 is 5.69 Å². The van der Waals surface area contributed by atoms with Crippen molar-refractivity contribution in [2.75, 3.05) is 5.32 Å². The predicted molar refractivity (Wildman–Crippen MR) is 124 cm³/mol. The fraction of sp³-hybridized carbons (Fsp3) is 0.136. The maximum absolute atomic E-state index is 14.6. The number of aromatic amines is 2. The number of aromatic hydroxyl groups is 1. The Morgan fingerprint density at radius 2 is 1.80 bits per heavy atom. The fourth-order valence-corrected chi connectivity index (χ4v) is 4.35. The summed E-state index contributed by atoms with van der Waals surface area (Å²) in [7, 11) is 0. The van der Waals surface area contributed by atoms with Crippen LogP contribution in [-0.4, -0.2) is 37.3 Å². The first-order chi connectivity index (χ1) is 16.7. The average molecular weight is 501 g/mol. The van der Waals surface area contributed by atoms with Crippen molar-refractivity contribution in [2.45, 2.75) is 17.7 Å². The first-order valence-electron chi connectivity index (χ1n) is 10.1. The van der Waals surface area contributed by atoms with Crippen molar-refractivity contribution in [2.24, 2.45) is 4.99 Å².